The largest absolute Gasteiger partial charge is 0.481 e. The van der Waals surface area contributed by atoms with Crippen LogP contribution >= 0.6 is 0 Å². The molecule has 0 atom stereocenters. The van der Waals surface area contributed by atoms with Crippen LogP contribution < -0.4 is 9.86 Å². The highest BCUT2D eigenvalue weighted by Gasteiger charge is 2.23. The number of aryl methyl sites for hydroxylation is 1. The Labute approximate surface area is 171 Å². The molecule has 0 radical (unpaired) electrons. The number of aromatic nitrogens is 2. The van der Waals surface area contributed by atoms with E-state index in [2.05, 4.69) is 9.97 Å². The van der Waals surface area contributed by atoms with Gasteiger partial charge in [-0.25, -0.2) is 8.42 Å². The molecule has 0 saturated carbocycles. The Morgan fingerprint density at radius 2 is 1.87 bits per heavy atom. The summed E-state index contributed by atoms with van der Waals surface area (Å²) in [5, 5.41) is 10.1. The molecule has 0 saturated heterocycles. The molecule has 0 bridgehead atoms. The number of carbonyl (C=O) groups is 1. The van der Waals surface area contributed by atoms with E-state index in [1.165, 1.54) is 23.5 Å². The fraction of sp³-hybridized carbons (Fsp3) is 0.143. The number of nitrogens with zero attached hydrogens (tertiary/aromatic N) is 1. The standard InChI is InChI=1S/C21H19N3O5S/c1-24(14-5-3-2-4-6-14)30(28,29)15-8-9-17-16(11-15)19-13(7-10-18(25)26)12-22-20(19)21(27)23-17/h2-6,8-9,11-12,22H,7,10H2,1H3,(H,23,27)(H,25,26). The maximum atomic E-state index is 13.2. The first-order chi connectivity index (χ1) is 14.3. The summed E-state index contributed by atoms with van der Waals surface area (Å²) in [7, 11) is -2.37. The number of anilines is 1. The van der Waals surface area contributed by atoms with Crippen molar-refractivity contribution >= 4 is 43.5 Å². The molecule has 2 aromatic carbocycles. The molecule has 0 fully saturated rings. The fourth-order valence-electron chi connectivity index (χ4n) is 3.51. The number of pyridine rings is 1. The van der Waals surface area contributed by atoms with Gasteiger partial charge in [0.15, 0.2) is 0 Å². The van der Waals surface area contributed by atoms with E-state index in [4.69, 9.17) is 5.11 Å². The monoisotopic (exact) mass is 425 g/mol. The number of rotatable bonds is 6. The Kier molecular flexibility index (Phi) is 4.83. The topological polar surface area (TPSA) is 123 Å². The minimum atomic E-state index is -3.85. The number of aliphatic carboxylic acids is 1. The Bertz CT molecular complexity index is 1420. The van der Waals surface area contributed by atoms with E-state index >= 15 is 0 Å². The van der Waals surface area contributed by atoms with E-state index in [0.717, 1.165) is 0 Å². The number of nitrogens with one attached hydrogen (secondary N) is 2. The lowest BCUT2D eigenvalue weighted by molar-refractivity contribution is -0.136. The predicted octanol–water partition coefficient (Wildman–Crippen LogP) is 2.85. The van der Waals surface area contributed by atoms with Crippen molar-refractivity contribution in [3.63, 3.8) is 0 Å². The molecule has 154 valence electrons. The van der Waals surface area contributed by atoms with Crippen LogP contribution in [0.15, 0.2) is 64.4 Å². The molecule has 4 aromatic rings. The van der Waals surface area contributed by atoms with Gasteiger partial charge in [0, 0.05) is 36.0 Å². The van der Waals surface area contributed by atoms with Crippen molar-refractivity contribution < 1.29 is 18.3 Å². The highest BCUT2D eigenvalue weighted by Crippen LogP contribution is 2.29. The number of hydrogen-bond donors (Lipinski definition) is 3. The lowest BCUT2D eigenvalue weighted by Gasteiger charge is -2.19. The molecule has 0 spiro atoms. The summed E-state index contributed by atoms with van der Waals surface area (Å²) in [6.45, 7) is 0. The summed E-state index contributed by atoms with van der Waals surface area (Å²) < 4.78 is 27.6. The van der Waals surface area contributed by atoms with Gasteiger partial charge in [-0.15, -0.1) is 0 Å². The molecule has 3 N–H and O–H groups in total. The maximum absolute atomic E-state index is 13.2. The maximum Gasteiger partial charge on any atom is 0.303 e. The molecule has 0 aliphatic carbocycles. The van der Waals surface area contributed by atoms with Gasteiger partial charge in [0.05, 0.1) is 10.6 Å². The number of carboxylic acids is 1. The van der Waals surface area contributed by atoms with Crippen molar-refractivity contribution in [3.05, 3.63) is 70.6 Å². The fourth-order valence-corrected chi connectivity index (χ4v) is 4.73. The summed E-state index contributed by atoms with van der Waals surface area (Å²) in [5.74, 6) is -0.953. The smallest absolute Gasteiger partial charge is 0.303 e. The van der Waals surface area contributed by atoms with E-state index < -0.39 is 16.0 Å². The zero-order valence-electron chi connectivity index (χ0n) is 16.0. The number of para-hydroxylation sites is 1. The van der Waals surface area contributed by atoms with Crippen molar-refractivity contribution in [2.75, 3.05) is 11.4 Å². The second-order valence-electron chi connectivity index (χ2n) is 6.93. The molecule has 0 amide bonds. The molecule has 4 rings (SSSR count). The average molecular weight is 425 g/mol. The number of aromatic amines is 2. The van der Waals surface area contributed by atoms with Gasteiger partial charge in [-0.2, -0.15) is 0 Å². The number of H-pyrrole nitrogens is 2. The first-order valence-corrected chi connectivity index (χ1v) is 10.6. The summed E-state index contributed by atoms with van der Waals surface area (Å²) in [6, 6.07) is 13.2. The number of carboxylic acid groups (broad SMARTS) is 1. The molecule has 0 aliphatic heterocycles. The minimum Gasteiger partial charge on any atom is -0.481 e. The summed E-state index contributed by atoms with van der Waals surface area (Å²) >= 11 is 0. The molecule has 2 aromatic heterocycles. The van der Waals surface area contributed by atoms with E-state index in [0.29, 0.717) is 27.5 Å². The lowest BCUT2D eigenvalue weighted by Crippen LogP contribution is -2.26. The highest BCUT2D eigenvalue weighted by molar-refractivity contribution is 7.92. The number of sulfonamides is 1. The van der Waals surface area contributed by atoms with Crippen LogP contribution in [0.4, 0.5) is 5.69 Å². The van der Waals surface area contributed by atoms with E-state index in [-0.39, 0.29) is 28.8 Å². The van der Waals surface area contributed by atoms with Crippen LogP contribution in [-0.4, -0.2) is 36.5 Å². The third-order valence-electron chi connectivity index (χ3n) is 5.08. The number of hydrogen-bond acceptors (Lipinski definition) is 4. The molecule has 9 heteroatoms. The van der Waals surface area contributed by atoms with Gasteiger partial charge in [0.2, 0.25) is 0 Å². The van der Waals surface area contributed by atoms with Gasteiger partial charge in [-0.3, -0.25) is 13.9 Å². The molecule has 0 unspecified atom stereocenters. The molecular formula is C21H19N3O5S. The molecule has 2 heterocycles. The van der Waals surface area contributed by atoms with Crippen LogP contribution in [0.3, 0.4) is 0 Å². The van der Waals surface area contributed by atoms with Gasteiger partial charge in [-0.05, 0) is 42.3 Å². The molecule has 8 nitrogen and oxygen atoms in total. The first-order valence-electron chi connectivity index (χ1n) is 9.21. The van der Waals surface area contributed by atoms with Crippen LogP contribution in [0.25, 0.3) is 21.8 Å². The van der Waals surface area contributed by atoms with Gasteiger partial charge < -0.3 is 15.1 Å². The Balaban J connectivity index is 1.90. The van der Waals surface area contributed by atoms with Gasteiger partial charge >= 0.3 is 5.97 Å². The second-order valence-corrected chi connectivity index (χ2v) is 8.90. The lowest BCUT2D eigenvalue weighted by atomic mass is 10.0. The van der Waals surface area contributed by atoms with Crippen LogP contribution in [0, 0.1) is 0 Å². The molecule has 0 aliphatic rings. The van der Waals surface area contributed by atoms with E-state index in [1.54, 1.807) is 42.6 Å². The van der Waals surface area contributed by atoms with Gasteiger partial charge in [0.25, 0.3) is 15.6 Å². The third-order valence-corrected chi connectivity index (χ3v) is 6.87. The zero-order valence-corrected chi connectivity index (χ0v) is 16.9. The van der Waals surface area contributed by atoms with Crippen LogP contribution in [-0.2, 0) is 21.2 Å². The number of benzene rings is 2. The second kappa shape index (κ2) is 7.34. The minimum absolute atomic E-state index is 0.0695. The van der Waals surface area contributed by atoms with Crippen molar-refractivity contribution in [1.29, 1.82) is 0 Å². The van der Waals surface area contributed by atoms with Crippen molar-refractivity contribution in [2.24, 2.45) is 0 Å². The quantitative estimate of drug-likeness (QED) is 0.438. The first kappa shape index (κ1) is 19.7. The van der Waals surface area contributed by atoms with Crippen molar-refractivity contribution in [3.8, 4) is 0 Å². The summed E-state index contributed by atoms with van der Waals surface area (Å²) in [6.07, 6.45) is 1.71. The van der Waals surface area contributed by atoms with Crippen LogP contribution in [0.2, 0.25) is 0 Å². The van der Waals surface area contributed by atoms with Gasteiger partial charge in [-0.1, -0.05) is 18.2 Å². The zero-order chi connectivity index (χ0) is 21.5. The third kappa shape index (κ3) is 3.33. The van der Waals surface area contributed by atoms with E-state index in [1.807, 2.05) is 0 Å². The summed E-state index contributed by atoms with van der Waals surface area (Å²) in [5.41, 5.74) is 1.58. The van der Waals surface area contributed by atoms with Crippen molar-refractivity contribution in [1.82, 2.24) is 9.97 Å². The van der Waals surface area contributed by atoms with Crippen LogP contribution in [0.1, 0.15) is 12.0 Å². The van der Waals surface area contributed by atoms with Gasteiger partial charge in [0.1, 0.15) is 5.52 Å². The SMILES string of the molecule is CN(c1ccccc1)S(=O)(=O)c1ccc2[nH]c(=O)c3[nH]cc(CCC(=O)O)c3c2c1. The summed E-state index contributed by atoms with van der Waals surface area (Å²) in [4.78, 5) is 29.1. The Morgan fingerprint density at radius 3 is 2.57 bits per heavy atom. The molecular weight excluding hydrogens is 406 g/mol. The Hall–Kier alpha value is -3.59. The predicted molar refractivity (Wildman–Crippen MR) is 114 cm³/mol. The van der Waals surface area contributed by atoms with Crippen LogP contribution in [0.5, 0.6) is 0 Å². The molecule has 30 heavy (non-hydrogen) atoms. The number of fused-ring (bicyclic) bond motifs is 3. The Morgan fingerprint density at radius 1 is 1.13 bits per heavy atom. The highest BCUT2D eigenvalue weighted by atomic mass is 32.2. The average Bonchev–Trinajstić information content (AvgIpc) is 3.17. The van der Waals surface area contributed by atoms with Crippen molar-refractivity contribution in [2.45, 2.75) is 17.7 Å². The normalized spacial score (nSPS) is 11.8. The van der Waals surface area contributed by atoms with E-state index in [9.17, 15) is 18.0 Å².